The number of hydrogen-bond acceptors (Lipinski definition) is 3. The molecule has 6 heteroatoms. The normalized spacial score (nSPS) is 13.2. The van der Waals surface area contributed by atoms with Crippen molar-refractivity contribution in [1.29, 1.82) is 0 Å². The molecule has 0 bridgehead atoms. The number of carbonyl (C=O) groups is 1. The summed E-state index contributed by atoms with van der Waals surface area (Å²) in [6, 6.07) is 10.0. The van der Waals surface area contributed by atoms with E-state index in [1.54, 1.807) is 24.3 Å². The lowest BCUT2D eigenvalue weighted by molar-refractivity contribution is -0.121. The van der Waals surface area contributed by atoms with Gasteiger partial charge in [-0.05, 0) is 37.6 Å². The van der Waals surface area contributed by atoms with Crippen LogP contribution in [0.3, 0.4) is 0 Å². The fraction of sp³-hybridized carbons (Fsp3) is 0.316. The molecule has 0 spiro atoms. The van der Waals surface area contributed by atoms with Crippen LogP contribution in [0, 0.1) is 11.6 Å². The zero-order chi connectivity index (χ0) is 18.4. The molecule has 1 unspecified atom stereocenters. The fourth-order valence-electron chi connectivity index (χ4n) is 2.41. The molecule has 2 N–H and O–H groups in total. The summed E-state index contributed by atoms with van der Waals surface area (Å²) in [5.74, 6) is -1.17. The van der Waals surface area contributed by atoms with E-state index < -0.39 is 17.2 Å². The summed E-state index contributed by atoms with van der Waals surface area (Å²) in [6.07, 6.45) is 0.119. The third-order valence-electron chi connectivity index (χ3n) is 3.74. The SMILES string of the molecule is CCOc1ccc(CC(=O)NCC(C)(O)c2ccc(F)cc2F)cc1. The van der Waals surface area contributed by atoms with E-state index in [0.717, 1.165) is 17.4 Å². The molecule has 0 fully saturated rings. The number of carbonyl (C=O) groups excluding carboxylic acids is 1. The second kappa shape index (κ2) is 8.07. The van der Waals surface area contributed by atoms with Gasteiger partial charge in [0.15, 0.2) is 0 Å². The average Bonchev–Trinajstić information content (AvgIpc) is 2.55. The standard InChI is InChI=1S/C19H21F2NO3/c1-3-25-15-7-4-13(5-8-15)10-18(23)22-12-19(2,24)16-9-6-14(20)11-17(16)21/h4-9,11,24H,3,10,12H2,1-2H3,(H,22,23). The Hall–Kier alpha value is -2.47. The predicted molar refractivity (Wildman–Crippen MR) is 90.3 cm³/mol. The van der Waals surface area contributed by atoms with E-state index in [2.05, 4.69) is 5.32 Å². The van der Waals surface area contributed by atoms with Crippen LogP contribution in [-0.2, 0) is 16.8 Å². The molecule has 0 aliphatic carbocycles. The third kappa shape index (κ3) is 5.26. The minimum atomic E-state index is -1.65. The Kier molecular flexibility index (Phi) is 6.09. The number of amides is 1. The van der Waals surface area contributed by atoms with Crippen molar-refractivity contribution in [2.24, 2.45) is 0 Å². The Morgan fingerprint density at radius 3 is 2.48 bits per heavy atom. The molecule has 0 saturated carbocycles. The number of halogens is 2. The highest BCUT2D eigenvalue weighted by molar-refractivity contribution is 5.78. The molecule has 1 amide bonds. The van der Waals surface area contributed by atoms with Crippen LogP contribution in [0.1, 0.15) is 25.0 Å². The first-order chi connectivity index (χ1) is 11.8. The van der Waals surface area contributed by atoms with Crippen molar-refractivity contribution in [3.63, 3.8) is 0 Å². The van der Waals surface area contributed by atoms with Gasteiger partial charge in [-0.25, -0.2) is 8.78 Å². The van der Waals surface area contributed by atoms with Crippen molar-refractivity contribution < 1.29 is 23.4 Å². The second-order valence-electron chi connectivity index (χ2n) is 5.93. The van der Waals surface area contributed by atoms with Gasteiger partial charge in [-0.1, -0.05) is 18.2 Å². The number of nitrogens with one attached hydrogen (secondary N) is 1. The maximum Gasteiger partial charge on any atom is 0.224 e. The first kappa shape index (κ1) is 18.9. The summed E-state index contributed by atoms with van der Waals surface area (Å²) in [6.45, 7) is 3.62. The number of benzene rings is 2. The molecule has 0 aliphatic heterocycles. The summed E-state index contributed by atoms with van der Waals surface area (Å²) >= 11 is 0. The van der Waals surface area contributed by atoms with Gasteiger partial charge in [-0.2, -0.15) is 0 Å². The van der Waals surface area contributed by atoms with E-state index in [4.69, 9.17) is 4.74 Å². The van der Waals surface area contributed by atoms with Gasteiger partial charge in [0.1, 0.15) is 23.0 Å². The molecule has 0 radical (unpaired) electrons. The third-order valence-corrected chi connectivity index (χ3v) is 3.74. The maximum atomic E-state index is 13.8. The van der Waals surface area contributed by atoms with Crippen molar-refractivity contribution in [2.45, 2.75) is 25.9 Å². The van der Waals surface area contributed by atoms with Crippen LogP contribution in [0.25, 0.3) is 0 Å². The number of hydrogen-bond donors (Lipinski definition) is 2. The van der Waals surface area contributed by atoms with Crippen molar-refractivity contribution in [3.8, 4) is 5.75 Å². The summed E-state index contributed by atoms with van der Waals surface area (Å²) in [4.78, 5) is 12.0. The van der Waals surface area contributed by atoms with Crippen molar-refractivity contribution in [1.82, 2.24) is 5.32 Å². The Morgan fingerprint density at radius 1 is 1.20 bits per heavy atom. The smallest absolute Gasteiger partial charge is 0.224 e. The zero-order valence-electron chi connectivity index (χ0n) is 14.2. The largest absolute Gasteiger partial charge is 0.494 e. The van der Waals surface area contributed by atoms with Crippen molar-refractivity contribution in [3.05, 3.63) is 65.2 Å². The average molecular weight is 349 g/mol. The summed E-state index contributed by atoms with van der Waals surface area (Å²) in [5, 5.41) is 12.9. The highest BCUT2D eigenvalue weighted by atomic mass is 19.1. The lowest BCUT2D eigenvalue weighted by atomic mass is 9.95. The molecule has 1 atom stereocenters. The van der Waals surface area contributed by atoms with Gasteiger partial charge in [-0.15, -0.1) is 0 Å². The Morgan fingerprint density at radius 2 is 1.88 bits per heavy atom. The summed E-state index contributed by atoms with van der Waals surface area (Å²) in [7, 11) is 0. The number of aliphatic hydroxyl groups is 1. The Labute approximate surface area is 145 Å². The summed E-state index contributed by atoms with van der Waals surface area (Å²) < 4.78 is 32.1. The molecule has 0 aliphatic rings. The molecular formula is C19H21F2NO3. The van der Waals surface area contributed by atoms with E-state index in [0.29, 0.717) is 12.7 Å². The highest BCUT2D eigenvalue weighted by Gasteiger charge is 2.27. The van der Waals surface area contributed by atoms with Crippen LogP contribution in [0.4, 0.5) is 8.78 Å². The summed E-state index contributed by atoms with van der Waals surface area (Å²) in [5.41, 5.74) is -0.935. The first-order valence-electron chi connectivity index (χ1n) is 7.98. The fourth-order valence-corrected chi connectivity index (χ4v) is 2.41. The molecule has 4 nitrogen and oxygen atoms in total. The van der Waals surface area contributed by atoms with E-state index in [1.165, 1.54) is 13.0 Å². The second-order valence-corrected chi connectivity index (χ2v) is 5.93. The van der Waals surface area contributed by atoms with Crippen molar-refractivity contribution in [2.75, 3.05) is 13.2 Å². The molecule has 2 aromatic carbocycles. The van der Waals surface area contributed by atoms with Gasteiger partial charge >= 0.3 is 0 Å². The molecular weight excluding hydrogens is 328 g/mol. The quantitative estimate of drug-likeness (QED) is 0.808. The molecule has 0 heterocycles. The number of ether oxygens (including phenoxy) is 1. The van der Waals surface area contributed by atoms with Gasteiger partial charge in [0.25, 0.3) is 0 Å². The molecule has 25 heavy (non-hydrogen) atoms. The van der Waals surface area contributed by atoms with Crippen LogP contribution in [0.5, 0.6) is 5.75 Å². The minimum Gasteiger partial charge on any atom is -0.494 e. The molecule has 134 valence electrons. The van der Waals surface area contributed by atoms with Crippen molar-refractivity contribution >= 4 is 5.91 Å². The lowest BCUT2D eigenvalue weighted by Gasteiger charge is -2.24. The molecule has 2 rings (SSSR count). The van der Waals surface area contributed by atoms with Crippen LogP contribution < -0.4 is 10.1 Å². The van der Waals surface area contributed by atoms with Gasteiger partial charge in [-0.3, -0.25) is 4.79 Å². The van der Waals surface area contributed by atoms with E-state index >= 15 is 0 Å². The highest BCUT2D eigenvalue weighted by Crippen LogP contribution is 2.23. The monoisotopic (exact) mass is 349 g/mol. The predicted octanol–water partition coefficient (Wildman–Crippen LogP) is 2.93. The zero-order valence-corrected chi connectivity index (χ0v) is 14.2. The molecule has 0 saturated heterocycles. The van der Waals surface area contributed by atoms with Gasteiger partial charge in [0.2, 0.25) is 5.91 Å². The van der Waals surface area contributed by atoms with Crippen LogP contribution in [-0.4, -0.2) is 24.2 Å². The van der Waals surface area contributed by atoms with E-state index in [-0.39, 0.29) is 24.4 Å². The molecule has 0 aromatic heterocycles. The van der Waals surface area contributed by atoms with Gasteiger partial charge < -0.3 is 15.2 Å². The lowest BCUT2D eigenvalue weighted by Crippen LogP contribution is -2.39. The first-order valence-corrected chi connectivity index (χ1v) is 7.98. The van der Waals surface area contributed by atoms with Gasteiger partial charge in [0.05, 0.1) is 19.6 Å². The van der Waals surface area contributed by atoms with Crippen LogP contribution in [0.2, 0.25) is 0 Å². The minimum absolute atomic E-state index is 0.0738. The Balaban J connectivity index is 1.94. The van der Waals surface area contributed by atoms with E-state index in [1.807, 2.05) is 6.92 Å². The van der Waals surface area contributed by atoms with Crippen LogP contribution >= 0.6 is 0 Å². The van der Waals surface area contributed by atoms with Crippen LogP contribution in [0.15, 0.2) is 42.5 Å². The topological polar surface area (TPSA) is 58.6 Å². The van der Waals surface area contributed by atoms with E-state index in [9.17, 15) is 18.7 Å². The number of rotatable bonds is 7. The molecule has 2 aromatic rings. The Bertz CT molecular complexity index is 730. The van der Waals surface area contributed by atoms with Gasteiger partial charge in [0, 0.05) is 11.6 Å². The maximum absolute atomic E-state index is 13.8.